The molecule has 0 bridgehead atoms. The Labute approximate surface area is 215 Å². The van der Waals surface area contributed by atoms with Gasteiger partial charge in [0.1, 0.15) is 10.9 Å². The lowest BCUT2D eigenvalue weighted by Crippen LogP contribution is -2.36. The average Bonchev–Trinajstić information content (AvgIpc) is 3.26. The highest BCUT2D eigenvalue weighted by Gasteiger charge is 2.42. The molecule has 0 spiro atoms. The molecule has 0 amide bonds. The Kier molecular flexibility index (Phi) is 7.79. The second-order valence-corrected chi connectivity index (χ2v) is 9.80. The maximum Gasteiger partial charge on any atom is 0.336 e. The summed E-state index contributed by atoms with van der Waals surface area (Å²) in [6.07, 6.45) is 0. The second kappa shape index (κ2) is 11.0. The summed E-state index contributed by atoms with van der Waals surface area (Å²) in [4.78, 5) is 36.8. The van der Waals surface area contributed by atoms with E-state index in [0.29, 0.717) is 17.0 Å². The summed E-state index contributed by atoms with van der Waals surface area (Å²) in [5.41, 5.74) is 5.32. The van der Waals surface area contributed by atoms with Crippen molar-refractivity contribution < 1.29 is 19.1 Å². The normalized spacial score (nSPS) is 17.5. The molecule has 4 rings (SSSR count). The van der Waals surface area contributed by atoms with E-state index in [1.807, 2.05) is 42.5 Å². The number of thiazole rings is 1. The number of carbonyl (C=O) groups excluding carboxylic acids is 2. The van der Waals surface area contributed by atoms with Gasteiger partial charge in [0.25, 0.3) is 0 Å². The Morgan fingerprint density at radius 2 is 1.61 bits per heavy atom. The number of aliphatic imine (C=N–C) groups is 1. The van der Waals surface area contributed by atoms with Gasteiger partial charge in [-0.25, -0.2) is 9.78 Å². The van der Waals surface area contributed by atoms with Crippen molar-refractivity contribution in [1.29, 1.82) is 0 Å². The van der Waals surface area contributed by atoms with Crippen molar-refractivity contribution in [3.63, 3.8) is 0 Å². The van der Waals surface area contributed by atoms with Crippen molar-refractivity contribution in [1.82, 2.24) is 4.98 Å². The van der Waals surface area contributed by atoms with E-state index in [1.165, 1.54) is 0 Å². The molecule has 0 radical (unpaired) electrons. The molecule has 0 saturated carbocycles. The summed E-state index contributed by atoms with van der Waals surface area (Å²) < 4.78 is 10.8. The molecule has 3 aromatic rings. The first kappa shape index (κ1) is 25.5. The molecule has 2 atom stereocenters. The van der Waals surface area contributed by atoms with Crippen molar-refractivity contribution in [2.45, 2.75) is 40.5 Å². The van der Waals surface area contributed by atoms with Crippen LogP contribution >= 0.6 is 11.3 Å². The van der Waals surface area contributed by atoms with Gasteiger partial charge in [-0.2, -0.15) is 0 Å². The summed E-state index contributed by atoms with van der Waals surface area (Å²) in [6, 6.07) is 18.0. The number of hydrogen-bond acceptors (Lipinski definition) is 7. The van der Waals surface area contributed by atoms with E-state index in [0.717, 1.165) is 32.3 Å². The standard InChI is InChI=1S/C29H30N2O4S/c1-6-34-28(32)23-17(3)30-18(4)24(29(33)35-7-2)25(23)21-14-11-15-22(16-21)27-31-26(19(5)36-27)20-12-9-8-10-13-20/h8-16,23,25H,6-7H2,1-5H3. The molecule has 0 fully saturated rings. The van der Waals surface area contributed by atoms with Crippen molar-refractivity contribution >= 4 is 29.0 Å². The van der Waals surface area contributed by atoms with Crippen LogP contribution in [-0.4, -0.2) is 35.8 Å². The van der Waals surface area contributed by atoms with Crippen LogP contribution in [0.2, 0.25) is 0 Å². The zero-order valence-electron chi connectivity index (χ0n) is 21.2. The van der Waals surface area contributed by atoms with Gasteiger partial charge < -0.3 is 9.47 Å². The fraction of sp³-hybridized carbons (Fsp3) is 0.310. The van der Waals surface area contributed by atoms with E-state index in [9.17, 15) is 9.59 Å². The highest BCUT2D eigenvalue weighted by Crippen LogP contribution is 2.42. The number of rotatable bonds is 7. The summed E-state index contributed by atoms with van der Waals surface area (Å²) in [5, 5.41) is 0.875. The third kappa shape index (κ3) is 5.02. The van der Waals surface area contributed by atoms with Crippen LogP contribution in [0.5, 0.6) is 0 Å². The summed E-state index contributed by atoms with van der Waals surface area (Å²) in [6.45, 7) is 9.66. The van der Waals surface area contributed by atoms with Crippen LogP contribution in [0.4, 0.5) is 0 Å². The Balaban J connectivity index is 1.82. The van der Waals surface area contributed by atoms with Crippen LogP contribution < -0.4 is 0 Å². The molecule has 0 saturated heterocycles. The minimum absolute atomic E-state index is 0.232. The molecule has 0 aliphatic carbocycles. The van der Waals surface area contributed by atoms with Crippen LogP contribution in [0.3, 0.4) is 0 Å². The highest BCUT2D eigenvalue weighted by molar-refractivity contribution is 7.15. The number of hydrogen-bond donors (Lipinski definition) is 0. The van der Waals surface area contributed by atoms with Gasteiger partial charge in [-0.1, -0.05) is 48.5 Å². The highest BCUT2D eigenvalue weighted by atomic mass is 32.1. The maximum absolute atomic E-state index is 13.1. The van der Waals surface area contributed by atoms with Gasteiger partial charge in [-0.3, -0.25) is 9.79 Å². The third-order valence-electron chi connectivity index (χ3n) is 6.20. The first-order valence-electron chi connectivity index (χ1n) is 12.1. The predicted octanol–water partition coefficient (Wildman–Crippen LogP) is 6.36. The zero-order chi connectivity index (χ0) is 25.8. The quantitative estimate of drug-likeness (QED) is 0.351. The Morgan fingerprint density at radius 3 is 2.31 bits per heavy atom. The number of allylic oxidation sites excluding steroid dienone is 1. The molecular formula is C29H30N2O4S. The van der Waals surface area contributed by atoms with Gasteiger partial charge in [-0.05, 0) is 46.2 Å². The largest absolute Gasteiger partial charge is 0.465 e. The average molecular weight is 503 g/mol. The van der Waals surface area contributed by atoms with E-state index in [-0.39, 0.29) is 13.2 Å². The lowest BCUT2D eigenvalue weighted by Gasteiger charge is -2.31. The van der Waals surface area contributed by atoms with E-state index >= 15 is 0 Å². The molecule has 6 nitrogen and oxygen atoms in total. The number of aryl methyl sites for hydroxylation is 1. The van der Waals surface area contributed by atoms with Gasteiger partial charge in [0.15, 0.2) is 0 Å². The van der Waals surface area contributed by atoms with E-state index in [4.69, 9.17) is 14.5 Å². The van der Waals surface area contributed by atoms with Crippen molar-refractivity contribution in [3.05, 3.63) is 76.3 Å². The molecule has 2 aromatic carbocycles. The van der Waals surface area contributed by atoms with Gasteiger partial charge in [0, 0.05) is 33.3 Å². The molecule has 186 valence electrons. The fourth-order valence-electron chi connectivity index (χ4n) is 4.66. The smallest absolute Gasteiger partial charge is 0.336 e. The van der Waals surface area contributed by atoms with Crippen LogP contribution in [0.15, 0.2) is 70.9 Å². The third-order valence-corrected chi connectivity index (χ3v) is 7.22. The van der Waals surface area contributed by atoms with Crippen LogP contribution in [0, 0.1) is 12.8 Å². The van der Waals surface area contributed by atoms with E-state index in [1.54, 1.807) is 39.0 Å². The van der Waals surface area contributed by atoms with Crippen LogP contribution in [0.25, 0.3) is 21.8 Å². The number of nitrogens with zero attached hydrogens (tertiary/aromatic N) is 2. The monoisotopic (exact) mass is 502 g/mol. The lowest BCUT2D eigenvalue weighted by molar-refractivity contribution is -0.146. The van der Waals surface area contributed by atoms with Crippen LogP contribution in [-0.2, 0) is 19.1 Å². The Hall–Kier alpha value is -3.58. The van der Waals surface area contributed by atoms with Crippen molar-refractivity contribution in [2.75, 3.05) is 13.2 Å². The topological polar surface area (TPSA) is 77.8 Å². The maximum atomic E-state index is 13.1. The predicted molar refractivity (Wildman–Crippen MR) is 143 cm³/mol. The van der Waals surface area contributed by atoms with Gasteiger partial charge >= 0.3 is 11.9 Å². The van der Waals surface area contributed by atoms with E-state index in [2.05, 4.69) is 24.0 Å². The number of esters is 2. The van der Waals surface area contributed by atoms with Gasteiger partial charge in [-0.15, -0.1) is 11.3 Å². The first-order valence-corrected chi connectivity index (χ1v) is 12.9. The number of aromatic nitrogens is 1. The second-order valence-electron chi connectivity index (χ2n) is 8.60. The molecule has 1 aromatic heterocycles. The molecule has 0 N–H and O–H groups in total. The van der Waals surface area contributed by atoms with Gasteiger partial charge in [0.2, 0.25) is 0 Å². The molecule has 1 aliphatic rings. The molecule has 7 heteroatoms. The molecule has 2 heterocycles. The SMILES string of the molecule is CCOC(=O)C1=C(C)N=C(C)C(C(=O)OCC)C1c1cccc(-c2nc(-c3ccccc3)c(C)s2)c1. The van der Waals surface area contributed by atoms with Gasteiger partial charge in [0.05, 0.1) is 24.5 Å². The molecular weight excluding hydrogens is 472 g/mol. The minimum atomic E-state index is -0.721. The number of ether oxygens (including phenoxy) is 2. The zero-order valence-corrected chi connectivity index (χ0v) is 22.0. The molecule has 36 heavy (non-hydrogen) atoms. The Bertz CT molecular complexity index is 1340. The summed E-state index contributed by atoms with van der Waals surface area (Å²) in [7, 11) is 0. The lowest BCUT2D eigenvalue weighted by atomic mass is 9.75. The Morgan fingerprint density at radius 1 is 0.917 bits per heavy atom. The summed E-state index contributed by atoms with van der Waals surface area (Å²) >= 11 is 1.62. The fourth-order valence-corrected chi connectivity index (χ4v) is 5.59. The summed E-state index contributed by atoms with van der Waals surface area (Å²) in [5.74, 6) is -2.16. The molecule has 1 aliphatic heterocycles. The molecule has 2 unspecified atom stereocenters. The number of carbonyl (C=O) groups is 2. The number of benzene rings is 2. The van der Waals surface area contributed by atoms with Crippen molar-refractivity contribution in [3.8, 4) is 21.8 Å². The van der Waals surface area contributed by atoms with Crippen LogP contribution in [0.1, 0.15) is 44.1 Å². The minimum Gasteiger partial charge on any atom is -0.465 e. The first-order chi connectivity index (χ1) is 17.3. The van der Waals surface area contributed by atoms with Crippen molar-refractivity contribution in [2.24, 2.45) is 10.9 Å². The van der Waals surface area contributed by atoms with E-state index < -0.39 is 23.8 Å².